The highest BCUT2D eigenvalue weighted by Gasteiger charge is 2.46. The molecule has 0 radical (unpaired) electrons. The third kappa shape index (κ3) is 3.90. The first kappa shape index (κ1) is 22.7. The third-order valence-corrected chi connectivity index (χ3v) is 7.73. The summed E-state index contributed by atoms with van der Waals surface area (Å²) in [6.45, 7) is 2.29. The molecule has 0 aliphatic heterocycles. The molecule has 1 aromatic heterocycles. The van der Waals surface area contributed by atoms with Crippen molar-refractivity contribution in [2.75, 3.05) is 14.2 Å². The fourth-order valence-electron chi connectivity index (χ4n) is 5.87. The van der Waals surface area contributed by atoms with Gasteiger partial charge >= 0.3 is 0 Å². The molecule has 2 aliphatic rings. The van der Waals surface area contributed by atoms with E-state index in [1.54, 1.807) is 26.4 Å². The summed E-state index contributed by atoms with van der Waals surface area (Å²) in [5.41, 5.74) is 5.28. The minimum absolute atomic E-state index is 0.127. The van der Waals surface area contributed by atoms with Crippen LogP contribution in [0, 0.1) is 17.2 Å². The van der Waals surface area contributed by atoms with Crippen molar-refractivity contribution in [2.24, 2.45) is 11.3 Å². The van der Waals surface area contributed by atoms with Crippen LogP contribution in [0.5, 0.6) is 11.5 Å². The number of halogens is 1. The van der Waals surface area contributed by atoms with Crippen LogP contribution < -0.4 is 9.47 Å². The van der Waals surface area contributed by atoms with E-state index < -0.39 is 6.10 Å². The summed E-state index contributed by atoms with van der Waals surface area (Å²) in [5, 5.41) is 16.1. The summed E-state index contributed by atoms with van der Waals surface area (Å²) in [6.07, 6.45) is 8.07. The normalized spacial score (nSPS) is 22.4. The summed E-state index contributed by atoms with van der Waals surface area (Å²) in [4.78, 5) is 0. The number of fused-ring (bicyclic) bond motifs is 2. The second kappa shape index (κ2) is 8.91. The molecular formula is C28H31FN2O3. The lowest BCUT2D eigenvalue weighted by Gasteiger charge is -2.47. The lowest BCUT2D eigenvalue weighted by molar-refractivity contribution is 0.0231. The molecule has 178 valence electrons. The minimum Gasteiger partial charge on any atom is -0.497 e. The number of aromatic nitrogens is 2. The smallest absolute Gasteiger partial charge is 0.125 e. The first-order valence-electron chi connectivity index (χ1n) is 11.9. The third-order valence-electron chi connectivity index (χ3n) is 7.73. The first-order valence-corrected chi connectivity index (χ1v) is 11.9. The van der Waals surface area contributed by atoms with Crippen LogP contribution >= 0.6 is 0 Å². The molecular weight excluding hydrogens is 431 g/mol. The highest BCUT2D eigenvalue weighted by atomic mass is 19.1. The van der Waals surface area contributed by atoms with Gasteiger partial charge in [0.15, 0.2) is 0 Å². The SMILES string of the molecule is COc1ccc(CC(O)[C@H]2CCCC3=Cc4c(cnn4-c4ccc(F)cc4)CC32C)c(OC)c1. The molecule has 3 aromatic rings. The van der Waals surface area contributed by atoms with E-state index in [0.29, 0.717) is 6.42 Å². The Morgan fingerprint density at radius 2 is 1.97 bits per heavy atom. The molecule has 3 atom stereocenters. The van der Waals surface area contributed by atoms with Crippen LogP contribution in [-0.4, -0.2) is 35.2 Å². The van der Waals surface area contributed by atoms with Crippen LogP contribution in [0.4, 0.5) is 4.39 Å². The van der Waals surface area contributed by atoms with Gasteiger partial charge in [0.25, 0.3) is 0 Å². The summed E-state index contributed by atoms with van der Waals surface area (Å²) < 4.78 is 26.2. The quantitative estimate of drug-likeness (QED) is 0.535. The Morgan fingerprint density at radius 3 is 2.71 bits per heavy atom. The molecule has 2 aliphatic carbocycles. The highest BCUT2D eigenvalue weighted by molar-refractivity contribution is 5.61. The molecule has 1 fully saturated rings. The number of aliphatic hydroxyl groups excluding tert-OH is 1. The van der Waals surface area contributed by atoms with Gasteiger partial charge in [0, 0.05) is 12.5 Å². The van der Waals surface area contributed by atoms with Crippen LogP contribution in [0.3, 0.4) is 0 Å². The van der Waals surface area contributed by atoms with Crippen LogP contribution in [0.2, 0.25) is 0 Å². The maximum Gasteiger partial charge on any atom is 0.125 e. The van der Waals surface area contributed by atoms with Gasteiger partial charge < -0.3 is 14.6 Å². The van der Waals surface area contributed by atoms with Gasteiger partial charge in [-0.2, -0.15) is 5.10 Å². The van der Waals surface area contributed by atoms with Gasteiger partial charge in [0.05, 0.1) is 37.9 Å². The van der Waals surface area contributed by atoms with Crippen molar-refractivity contribution in [3.63, 3.8) is 0 Å². The predicted octanol–water partition coefficient (Wildman–Crippen LogP) is 5.38. The van der Waals surface area contributed by atoms with Crippen molar-refractivity contribution in [3.8, 4) is 17.2 Å². The number of ether oxygens (including phenoxy) is 2. The monoisotopic (exact) mass is 462 g/mol. The average Bonchev–Trinajstić information content (AvgIpc) is 3.24. The number of hydrogen-bond acceptors (Lipinski definition) is 4. The molecule has 0 bridgehead atoms. The Morgan fingerprint density at radius 1 is 1.18 bits per heavy atom. The number of nitrogens with zero attached hydrogens (tertiary/aromatic N) is 2. The molecule has 1 saturated carbocycles. The van der Waals surface area contributed by atoms with Crippen molar-refractivity contribution in [2.45, 2.75) is 45.1 Å². The molecule has 0 spiro atoms. The summed E-state index contributed by atoms with van der Waals surface area (Å²) >= 11 is 0. The number of hydrogen-bond donors (Lipinski definition) is 1. The Bertz CT molecular complexity index is 1220. The maximum atomic E-state index is 13.4. The van der Waals surface area contributed by atoms with E-state index in [9.17, 15) is 9.50 Å². The van der Waals surface area contributed by atoms with Gasteiger partial charge in [-0.1, -0.05) is 18.6 Å². The van der Waals surface area contributed by atoms with E-state index >= 15 is 0 Å². The van der Waals surface area contributed by atoms with E-state index in [1.807, 2.05) is 29.1 Å². The lowest BCUT2D eigenvalue weighted by Crippen LogP contribution is -2.44. The molecule has 34 heavy (non-hydrogen) atoms. The predicted molar refractivity (Wildman–Crippen MR) is 130 cm³/mol. The Kier molecular flexibility index (Phi) is 5.94. The van der Waals surface area contributed by atoms with Crippen LogP contribution in [0.15, 0.2) is 54.2 Å². The lowest BCUT2D eigenvalue weighted by atomic mass is 9.58. The molecule has 5 rings (SSSR count). The summed E-state index contributed by atoms with van der Waals surface area (Å²) in [6, 6.07) is 12.2. The highest BCUT2D eigenvalue weighted by Crippen LogP contribution is 2.52. The molecule has 0 saturated heterocycles. The molecule has 5 nitrogen and oxygen atoms in total. The number of benzene rings is 2. The number of aliphatic hydroxyl groups is 1. The largest absolute Gasteiger partial charge is 0.497 e. The maximum absolute atomic E-state index is 13.4. The van der Waals surface area contributed by atoms with Gasteiger partial charge in [-0.05, 0) is 84.6 Å². The van der Waals surface area contributed by atoms with Crippen molar-refractivity contribution in [3.05, 3.63) is 76.9 Å². The molecule has 1 N–H and O–H groups in total. The van der Waals surface area contributed by atoms with E-state index in [-0.39, 0.29) is 17.2 Å². The Labute approximate surface area is 199 Å². The van der Waals surface area contributed by atoms with Crippen LogP contribution in [0.1, 0.15) is 43.0 Å². The molecule has 6 heteroatoms. The fraction of sp³-hybridized carbons (Fsp3) is 0.393. The van der Waals surface area contributed by atoms with Gasteiger partial charge in [0.1, 0.15) is 17.3 Å². The molecule has 2 aromatic carbocycles. The zero-order valence-electron chi connectivity index (χ0n) is 19.9. The van der Waals surface area contributed by atoms with E-state index in [2.05, 4.69) is 18.1 Å². The number of methoxy groups -OCH3 is 2. The minimum atomic E-state index is -0.496. The van der Waals surface area contributed by atoms with Crippen molar-refractivity contribution < 1.29 is 19.0 Å². The van der Waals surface area contributed by atoms with Crippen LogP contribution in [0.25, 0.3) is 11.8 Å². The number of rotatable bonds is 6. The zero-order chi connectivity index (χ0) is 23.9. The zero-order valence-corrected chi connectivity index (χ0v) is 19.9. The molecule has 1 heterocycles. The van der Waals surface area contributed by atoms with Crippen molar-refractivity contribution in [1.82, 2.24) is 9.78 Å². The Balaban J connectivity index is 1.43. The fourth-order valence-corrected chi connectivity index (χ4v) is 5.87. The first-order chi connectivity index (χ1) is 16.4. The summed E-state index contributed by atoms with van der Waals surface area (Å²) in [7, 11) is 3.28. The molecule has 2 unspecified atom stereocenters. The van der Waals surface area contributed by atoms with E-state index in [1.165, 1.54) is 17.7 Å². The number of allylic oxidation sites excluding steroid dienone is 1. The second-order valence-corrected chi connectivity index (χ2v) is 9.66. The van der Waals surface area contributed by atoms with Gasteiger partial charge in [-0.25, -0.2) is 9.07 Å². The topological polar surface area (TPSA) is 56.5 Å². The van der Waals surface area contributed by atoms with Gasteiger partial charge in [0.2, 0.25) is 0 Å². The van der Waals surface area contributed by atoms with Gasteiger partial charge in [-0.15, -0.1) is 0 Å². The van der Waals surface area contributed by atoms with E-state index in [0.717, 1.165) is 59.7 Å². The average molecular weight is 463 g/mol. The molecule has 0 amide bonds. The second-order valence-electron chi connectivity index (χ2n) is 9.66. The van der Waals surface area contributed by atoms with E-state index in [4.69, 9.17) is 9.47 Å². The van der Waals surface area contributed by atoms with Crippen molar-refractivity contribution in [1.29, 1.82) is 0 Å². The summed E-state index contributed by atoms with van der Waals surface area (Å²) in [5.74, 6) is 1.35. The Hall–Kier alpha value is -3.12. The standard InChI is InChI=1S/C28H31FN2O3/c1-28-16-19-17-30-31(22-10-8-21(29)9-11-22)25(19)14-20(28)5-4-6-24(28)26(32)13-18-7-12-23(33-2)15-27(18)34-3/h7-12,14-15,17,24,26,32H,4-6,13,16H2,1-3H3/t24-,26?,28?/m1/s1. The van der Waals surface area contributed by atoms with Crippen LogP contribution in [-0.2, 0) is 12.8 Å². The van der Waals surface area contributed by atoms with Gasteiger partial charge in [-0.3, -0.25) is 0 Å². The van der Waals surface area contributed by atoms with Crippen molar-refractivity contribution >= 4 is 6.08 Å².